The monoisotopic (exact) mass is 596 g/mol. The number of aliphatic hydroxyl groups excluding tert-OH is 1. The van der Waals surface area contributed by atoms with Gasteiger partial charge < -0.3 is 9.84 Å². The minimum Gasteiger partial charge on any atom is -0.396 e. The normalized spacial score (nSPS) is 22.7. The second-order valence-electron chi connectivity index (χ2n) is 13.1. The Morgan fingerprint density at radius 2 is 1.60 bits per heavy atom. The summed E-state index contributed by atoms with van der Waals surface area (Å²) < 4.78 is 35.7. The van der Waals surface area contributed by atoms with Crippen LogP contribution in [0.3, 0.4) is 0 Å². The molecule has 4 rings (SSSR count). The van der Waals surface area contributed by atoms with Crippen molar-refractivity contribution in [1.82, 2.24) is 0 Å². The maximum atomic E-state index is 15.3. The number of carbonyl (C=O) groups excluding carboxylic acids is 1. The Balaban J connectivity index is 0.000000934. The molecule has 2 aromatic rings. The number of methoxy groups -OCH3 is 1. The molecular weight excluding hydrogens is 542 g/mol. The predicted molar refractivity (Wildman–Crippen MR) is 173 cm³/mol. The highest BCUT2D eigenvalue weighted by molar-refractivity contribution is 5.70. The van der Waals surface area contributed by atoms with Gasteiger partial charge in [-0.3, -0.25) is 4.79 Å². The summed E-state index contributed by atoms with van der Waals surface area (Å²) in [5.41, 5.74) is 3.54. The van der Waals surface area contributed by atoms with Crippen LogP contribution in [0.15, 0.2) is 48.6 Å². The first kappa shape index (κ1) is 35.1. The average Bonchev–Trinajstić information content (AvgIpc) is 3.02. The molecule has 0 amide bonds. The second-order valence-corrected chi connectivity index (χ2v) is 13.1. The quantitative estimate of drug-likeness (QED) is 0.142. The molecule has 0 heterocycles. The molecule has 2 fully saturated rings. The molecule has 2 aliphatic carbocycles. The maximum absolute atomic E-state index is 15.3. The van der Waals surface area contributed by atoms with E-state index in [0.717, 1.165) is 68.3 Å². The molecule has 5 heteroatoms. The van der Waals surface area contributed by atoms with Gasteiger partial charge in [-0.15, -0.1) is 0 Å². The Bertz CT molecular complexity index is 1130. The van der Waals surface area contributed by atoms with Crippen LogP contribution >= 0.6 is 0 Å². The summed E-state index contributed by atoms with van der Waals surface area (Å²) >= 11 is 0. The third kappa shape index (κ3) is 10.9. The predicted octanol–water partition coefficient (Wildman–Crippen LogP) is 10.2. The molecule has 0 radical (unpaired) electrons. The van der Waals surface area contributed by atoms with E-state index in [-0.39, 0.29) is 30.1 Å². The lowest BCUT2D eigenvalue weighted by Gasteiger charge is -2.31. The number of aliphatic hydroxyl groups is 1. The molecule has 1 atom stereocenters. The number of hydrogen-bond acceptors (Lipinski definition) is 3. The van der Waals surface area contributed by atoms with Crippen LogP contribution in [-0.2, 0) is 9.53 Å². The molecular formula is C38H54F2O3. The van der Waals surface area contributed by atoms with Crippen LogP contribution in [0.25, 0.3) is 11.1 Å². The molecule has 0 aliphatic heterocycles. The van der Waals surface area contributed by atoms with Crippen molar-refractivity contribution in [2.75, 3.05) is 20.3 Å². The highest BCUT2D eigenvalue weighted by atomic mass is 19.1. The topological polar surface area (TPSA) is 46.5 Å². The van der Waals surface area contributed by atoms with E-state index in [4.69, 9.17) is 4.74 Å². The highest BCUT2D eigenvalue weighted by Gasteiger charge is 2.26. The minimum atomic E-state index is -0.259. The van der Waals surface area contributed by atoms with Crippen LogP contribution in [0.2, 0.25) is 0 Å². The van der Waals surface area contributed by atoms with Gasteiger partial charge in [0.1, 0.15) is 17.9 Å². The summed E-state index contributed by atoms with van der Waals surface area (Å²) in [5.74, 6) is 1.81. The van der Waals surface area contributed by atoms with E-state index in [1.54, 1.807) is 26.2 Å². The molecule has 2 saturated carbocycles. The van der Waals surface area contributed by atoms with Crippen LogP contribution in [0, 0.1) is 29.4 Å². The lowest BCUT2D eigenvalue weighted by Crippen LogP contribution is -2.21. The van der Waals surface area contributed by atoms with Gasteiger partial charge in [0, 0.05) is 25.2 Å². The Kier molecular flexibility index (Phi) is 15.1. The van der Waals surface area contributed by atoms with Crippen LogP contribution in [0.4, 0.5) is 8.78 Å². The lowest BCUT2D eigenvalue weighted by atomic mass is 9.75. The van der Waals surface area contributed by atoms with Gasteiger partial charge in [-0.05, 0) is 123 Å². The summed E-state index contributed by atoms with van der Waals surface area (Å²) in [7, 11) is 1.68. The van der Waals surface area contributed by atoms with E-state index in [1.165, 1.54) is 38.5 Å². The Labute approximate surface area is 259 Å². The van der Waals surface area contributed by atoms with E-state index >= 15 is 8.78 Å². The molecule has 1 N–H and O–H groups in total. The smallest absolute Gasteiger partial charge is 0.145 e. The first-order valence-corrected chi connectivity index (χ1v) is 16.6. The number of benzene rings is 2. The first-order valence-electron chi connectivity index (χ1n) is 16.6. The molecule has 43 heavy (non-hydrogen) atoms. The molecule has 0 spiro atoms. The number of allylic oxidation sites excluding steroid dienone is 1. The Morgan fingerprint density at radius 1 is 0.953 bits per heavy atom. The van der Waals surface area contributed by atoms with E-state index < -0.39 is 0 Å². The standard InChI is InChI=1S/C34H48F2O2.C4H6O/c1-3-4-5-6-24-7-13-28(14-8-24)31-18-16-30(21-34(31)36)32-17-15-29(20-33(32)35)27-11-9-25(10-12-27)19-26(22-37)23-38-2;1-4(2)3-5/h15-18,20-21,24-28,37H,3-14,19,22-23H2,1-2H3;3H,1H2,2H3. The van der Waals surface area contributed by atoms with Crippen molar-refractivity contribution in [3.05, 3.63) is 71.3 Å². The number of ether oxygens (including phenoxy) is 1. The summed E-state index contributed by atoms with van der Waals surface area (Å²) in [5, 5.41) is 9.56. The number of halogens is 2. The van der Waals surface area contributed by atoms with Crippen molar-refractivity contribution in [3.8, 4) is 11.1 Å². The molecule has 0 saturated heterocycles. The number of carbonyl (C=O) groups is 1. The van der Waals surface area contributed by atoms with Crippen molar-refractivity contribution >= 4 is 6.29 Å². The third-order valence-electron chi connectivity index (χ3n) is 9.65. The van der Waals surface area contributed by atoms with Gasteiger partial charge in [0.25, 0.3) is 0 Å². The van der Waals surface area contributed by atoms with E-state index in [1.807, 2.05) is 24.3 Å². The van der Waals surface area contributed by atoms with Crippen molar-refractivity contribution in [1.29, 1.82) is 0 Å². The van der Waals surface area contributed by atoms with Gasteiger partial charge >= 0.3 is 0 Å². The molecule has 3 nitrogen and oxygen atoms in total. The van der Waals surface area contributed by atoms with Gasteiger partial charge in [0.2, 0.25) is 0 Å². The zero-order valence-corrected chi connectivity index (χ0v) is 26.8. The Morgan fingerprint density at radius 3 is 2.16 bits per heavy atom. The van der Waals surface area contributed by atoms with Crippen LogP contribution in [0.5, 0.6) is 0 Å². The fourth-order valence-electron chi connectivity index (χ4n) is 7.12. The molecule has 0 aromatic heterocycles. The number of rotatable bonds is 13. The van der Waals surface area contributed by atoms with Gasteiger partial charge in [0.05, 0.1) is 6.61 Å². The van der Waals surface area contributed by atoms with Crippen LogP contribution in [-0.4, -0.2) is 31.7 Å². The van der Waals surface area contributed by atoms with E-state index in [0.29, 0.717) is 35.1 Å². The van der Waals surface area contributed by atoms with Crippen molar-refractivity contribution < 1.29 is 23.4 Å². The zero-order chi connectivity index (χ0) is 31.2. The number of unbranched alkanes of at least 4 members (excludes halogenated alkanes) is 2. The third-order valence-corrected chi connectivity index (χ3v) is 9.65. The first-order chi connectivity index (χ1) is 20.8. The molecule has 2 aliphatic rings. The number of aldehydes is 1. The zero-order valence-electron chi connectivity index (χ0n) is 26.8. The summed E-state index contributed by atoms with van der Waals surface area (Å²) in [6, 6.07) is 10.9. The van der Waals surface area contributed by atoms with Crippen molar-refractivity contribution in [3.63, 3.8) is 0 Å². The molecule has 238 valence electrons. The summed E-state index contributed by atoms with van der Waals surface area (Å²) in [6.07, 6.45) is 15.7. The SMILES string of the molecule is C=C(C)C=O.CCCCCC1CCC(c2ccc(-c3ccc(C4CCC(CC(CO)COC)CC4)cc3F)cc2F)CC1. The van der Waals surface area contributed by atoms with Gasteiger partial charge in [-0.25, -0.2) is 8.78 Å². The van der Waals surface area contributed by atoms with Gasteiger partial charge in [-0.1, -0.05) is 63.5 Å². The van der Waals surface area contributed by atoms with Crippen molar-refractivity contribution in [2.45, 2.75) is 109 Å². The summed E-state index contributed by atoms with van der Waals surface area (Å²) in [4.78, 5) is 9.41. The second kappa shape index (κ2) is 18.4. The minimum absolute atomic E-state index is 0.169. The van der Waals surface area contributed by atoms with Crippen LogP contribution in [0.1, 0.15) is 120 Å². The van der Waals surface area contributed by atoms with Crippen molar-refractivity contribution in [2.24, 2.45) is 17.8 Å². The molecule has 0 bridgehead atoms. The average molecular weight is 597 g/mol. The largest absolute Gasteiger partial charge is 0.396 e. The van der Waals surface area contributed by atoms with Gasteiger partial charge in [-0.2, -0.15) is 0 Å². The summed E-state index contributed by atoms with van der Waals surface area (Å²) in [6.45, 7) is 7.98. The maximum Gasteiger partial charge on any atom is 0.145 e. The number of hydrogen-bond donors (Lipinski definition) is 1. The molecule has 1 unspecified atom stereocenters. The Hall–Kier alpha value is -2.37. The van der Waals surface area contributed by atoms with Crippen LogP contribution < -0.4 is 0 Å². The van der Waals surface area contributed by atoms with E-state index in [9.17, 15) is 9.90 Å². The molecule has 2 aromatic carbocycles. The van der Waals surface area contributed by atoms with E-state index in [2.05, 4.69) is 13.5 Å². The fraction of sp³-hybridized carbons (Fsp3) is 0.605. The highest BCUT2D eigenvalue weighted by Crippen LogP contribution is 2.41. The fourth-order valence-corrected chi connectivity index (χ4v) is 7.12. The van der Waals surface area contributed by atoms with Gasteiger partial charge in [0.15, 0.2) is 0 Å². The lowest BCUT2D eigenvalue weighted by molar-refractivity contribution is -0.104.